The van der Waals surface area contributed by atoms with Crippen LogP contribution in [0.5, 0.6) is 0 Å². The van der Waals surface area contributed by atoms with E-state index < -0.39 is 0 Å². The number of hydrogen-bond acceptors (Lipinski definition) is 4. The molecular weight excluding hydrogens is 244 g/mol. The standard InChI is InChI=1S/C14H16N2O3/c17-8-2-5-11-4-1-7-13(15-11)16-14(18)10-12-6-3-9-19-12/h1,4,7,12,17H,3,6,8-10H2,(H,15,16,18). The second-order valence-electron chi connectivity index (χ2n) is 4.26. The van der Waals surface area contributed by atoms with E-state index in [0.717, 1.165) is 19.4 Å². The second-order valence-corrected chi connectivity index (χ2v) is 4.26. The molecule has 2 heterocycles. The summed E-state index contributed by atoms with van der Waals surface area (Å²) in [5, 5.41) is 11.3. The van der Waals surface area contributed by atoms with Crippen molar-refractivity contribution in [2.75, 3.05) is 18.5 Å². The minimum absolute atomic E-state index is 0.0253. The van der Waals surface area contributed by atoms with E-state index in [4.69, 9.17) is 9.84 Å². The molecule has 1 unspecified atom stereocenters. The van der Waals surface area contributed by atoms with Gasteiger partial charge in [-0.1, -0.05) is 12.0 Å². The molecule has 2 rings (SSSR count). The lowest BCUT2D eigenvalue weighted by Gasteiger charge is -2.09. The molecule has 1 saturated heterocycles. The topological polar surface area (TPSA) is 71.5 Å². The van der Waals surface area contributed by atoms with Gasteiger partial charge in [-0.3, -0.25) is 4.79 Å². The third kappa shape index (κ3) is 4.36. The molecule has 1 aromatic rings. The molecule has 1 aliphatic heterocycles. The summed E-state index contributed by atoms with van der Waals surface area (Å²) in [6.07, 6.45) is 2.33. The van der Waals surface area contributed by atoms with Crippen LogP contribution in [0.15, 0.2) is 18.2 Å². The number of pyridine rings is 1. The molecule has 5 nitrogen and oxygen atoms in total. The van der Waals surface area contributed by atoms with E-state index in [2.05, 4.69) is 22.1 Å². The Morgan fingerprint density at radius 3 is 3.21 bits per heavy atom. The summed E-state index contributed by atoms with van der Waals surface area (Å²) in [6.45, 7) is 0.527. The third-order valence-electron chi connectivity index (χ3n) is 2.75. The highest BCUT2D eigenvalue weighted by atomic mass is 16.5. The summed E-state index contributed by atoms with van der Waals surface area (Å²) in [5.41, 5.74) is 0.518. The number of nitrogens with zero attached hydrogens (tertiary/aromatic N) is 1. The van der Waals surface area contributed by atoms with E-state index in [9.17, 15) is 4.79 Å². The van der Waals surface area contributed by atoms with Crippen LogP contribution < -0.4 is 5.32 Å². The van der Waals surface area contributed by atoms with Crippen LogP contribution in [-0.2, 0) is 9.53 Å². The maximum atomic E-state index is 11.8. The Kier molecular flexibility index (Phi) is 4.90. The van der Waals surface area contributed by atoms with Crippen molar-refractivity contribution in [3.05, 3.63) is 23.9 Å². The zero-order chi connectivity index (χ0) is 13.5. The van der Waals surface area contributed by atoms with Gasteiger partial charge in [0.05, 0.1) is 12.5 Å². The van der Waals surface area contributed by atoms with E-state index in [1.165, 1.54) is 0 Å². The SMILES string of the molecule is O=C(CC1CCCO1)Nc1cccc(C#CCO)n1. The molecule has 100 valence electrons. The van der Waals surface area contributed by atoms with Crippen molar-refractivity contribution in [1.82, 2.24) is 4.98 Å². The molecule has 0 bridgehead atoms. The Bertz CT molecular complexity index is 499. The first-order valence-corrected chi connectivity index (χ1v) is 6.26. The number of aliphatic hydroxyl groups is 1. The van der Waals surface area contributed by atoms with Gasteiger partial charge in [-0.15, -0.1) is 0 Å². The number of anilines is 1. The molecule has 1 amide bonds. The van der Waals surface area contributed by atoms with Gasteiger partial charge in [-0.05, 0) is 30.9 Å². The summed E-state index contributed by atoms with van der Waals surface area (Å²) in [5.74, 6) is 5.57. The molecule has 0 spiro atoms. The summed E-state index contributed by atoms with van der Waals surface area (Å²) >= 11 is 0. The predicted molar refractivity (Wildman–Crippen MR) is 70.4 cm³/mol. The average Bonchev–Trinajstić information content (AvgIpc) is 2.89. The molecule has 0 saturated carbocycles. The molecule has 0 aromatic carbocycles. The lowest BCUT2D eigenvalue weighted by molar-refractivity contribution is -0.118. The summed E-state index contributed by atoms with van der Waals surface area (Å²) < 4.78 is 5.41. The predicted octanol–water partition coefficient (Wildman–Crippen LogP) is 0.933. The molecule has 1 atom stereocenters. The first-order valence-electron chi connectivity index (χ1n) is 6.26. The number of hydrogen-bond donors (Lipinski definition) is 2. The van der Waals surface area contributed by atoms with Crippen LogP contribution in [0.2, 0.25) is 0 Å². The van der Waals surface area contributed by atoms with Gasteiger partial charge in [0.25, 0.3) is 0 Å². The maximum absolute atomic E-state index is 11.8. The molecule has 0 aliphatic carbocycles. The molecule has 1 fully saturated rings. The van der Waals surface area contributed by atoms with E-state index in [-0.39, 0.29) is 18.6 Å². The first-order chi connectivity index (χ1) is 9.28. The van der Waals surface area contributed by atoms with Crippen LogP contribution in [0.3, 0.4) is 0 Å². The fourth-order valence-electron chi connectivity index (χ4n) is 1.91. The van der Waals surface area contributed by atoms with Crippen molar-refractivity contribution >= 4 is 11.7 Å². The number of rotatable bonds is 3. The number of carbonyl (C=O) groups is 1. The van der Waals surface area contributed by atoms with Gasteiger partial charge in [-0.25, -0.2) is 4.98 Å². The van der Waals surface area contributed by atoms with E-state index in [1.807, 2.05) is 0 Å². The fraction of sp³-hybridized carbons (Fsp3) is 0.429. The molecule has 0 radical (unpaired) electrons. The quantitative estimate of drug-likeness (QED) is 0.793. The van der Waals surface area contributed by atoms with Crippen molar-refractivity contribution in [1.29, 1.82) is 0 Å². The summed E-state index contributed by atoms with van der Waals surface area (Å²) in [7, 11) is 0. The van der Waals surface area contributed by atoms with Crippen molar-refractivity contribution in [2.45, 2.75) is 25.4 Å². The number of amides is 1. The van der Waals surface area contributed by atoms with Crippen molar-refractivity contribution in [2.24, 2.45) is 0 Å². The van der Waals surface area contributed by atoms with Gasteiger partial charge in [0, 0.05) is 6.61 Å². The lowest BCUT2D eigenvalue weighted by Crippen LogP contribution is -2.19. The van der Waals surface area contributed by atoms with Gasteiger partial charge >= 0.3 is 0 Å². The molecule has 19 heavy (non-hydrogen) atoms. The highest BCUT2D eigenvalue weighted by molar-refractivity contribution is 5.90. The number of ether oxygens (including phenoxy) is 1. The van der Waals surface area contributed by atoms with Gasteiger partial charge in [0.1, 0.15) is 18.1 Å². The average molecular weight is 260 g/mol. The van der Waals surface area contributed by atoms with Crippen LogP contribution in [0, 0.1) is 11.8 Å². The van der Waals surface area contributed by atoms with Crippen molar-refractivity contribution in [3.63, 3.8) is 0 Å². The highest BCUT2D eigenvalue weighted by Gasteiger charge is 2.19. The van der Waals surface area contributed by atoms with Crippen LogP contribution in [-0.4, -0.2) is 35.3 Å². The normalized spacial score (nSPS) is 17.6. The van der Waals surface area contributed by atoms with E-state index in [0.29, 0.717) is 17.9 Å². The largest absolute Gasteiger partial charge is 0.384 e. The third-order valence-corrected chi connectivity index (χ3v) is 2.75. The van der Waals surface area contributed by atoms with Gasteiger partial charge in [-0.2, -0.15) is 0 Å². The zero-order valence-electron chi connectivity index (χ0n) is 10.6. The lowest BCUT2D eigenvalue weighted by atomic mass is 10.2. The Morgan fingerprint density at radius 2 is 2.47 bits per heavy atom. The van der Waals surface area contributed by atoms with Gasteiger partial charge in [0.2, 0.25) is 5.91 Å². The van der Waals surface area contributed by atoms with Gasteiger partial charge in [0.15, 0.2) is 0 Å². The smallest absolute Gasteiger partial charge is 0.228 e. The maximum Gasteiger partial charge on any atom is 0.228 e. The van der Waals surface area contributed by atoms with Crippen molar-refractivity contribution < 1.29 is 14.6 Å². The molecule has 1 aliphatic rings. The second kappa shape index (κ2) is 6.88. The Hall–Kier alpha value is -1.90. The Morgan fingerprint density at radius 1 is 1.58 bits per heavy atom. The van der Waals surface area contributed by atoms with E-state index >= 15 is 0 Å². The first kappa shape index (κ1) is 13.5. The number of nitrogens with one attached hydrogen (secondary N) is 1. The monoisotopic (exact) mass is 260 g/mol. The molecule has 5 heteroatoms. The zero-order valence-corrected chi connectivity index (χ0v) is 10.6. The van der Waals surface area contributed by atoms with Crippen LogP contribution in [0.4, 0.5) is 5.82 Å². The Balaban J connectivity index is 1.92. The van der Waals surface area contributed by atoms with Crippen LogP contribution >= 0.6 is 0 Å². The summed E-state index contributed by atoms with van der Waals surface area (Å²) in [6, 6.07) is 5.19. The summed E-state index contributed by atoms with van der Waals surface area (Å²) in [4.78, 5) is 16.0. The van der Waals surface area contributed by atoms with Crippen molar-refractivity contribution in [3.8, 4) is 11.8 Å². The molecular formula is C14H16N2O3. The van der Waals surface area contributed by atoms with Crippen LogP contribution in [0.25, 0.3) is 0 Å². The highest BCUT2D eigenvalue weighted by Crippen LogP contribution is 2.16. The van der Waals surface area contributed by atoms with Crippen LogP contribution in [0.1, 0.15) is 25.0 Å². The number of aromatic nitrogens is 1. The van der Waals surface area contributed by atoms with E-state index in [1.54, 1.807) is 18.2 Å². The number of carbonyl (C=O) groups excluding carboxylic acids is 1. The minimum Gasteiger partial charge on any atom is -0.384 e. The fourth-order valence-corrected chi connectivity index (χ4v) is 1.91. The number of aliphatic hydroxyl groups excluding tert-OH is 1. The van der Waals surface area contributed by atoms with Gasteiger partial charge < -0.3 is 15.2 Å². The Labute approximate surface area is 112 Å². The minimum atomic E-state index is -0.211. The molecule has 2 N–H and O–H groups in total. The molecule has 1 aromatic heterocycles.